The van der Waals surface area contributed by atoms with Crippen molar-refractivity contribution in [1.29, 1.82) is 0 Å². The Hall–Kier alpha value is -1.36. The Balaban J connectivity index is 2.39. The van der Waals surface area contributed by atoms with Crippen LogP contribution in [0.1, 0.15) is 53.1 Å². The number of nitrogens with zero attached hydrogens (tertiary/aromatic N) is 1. The predicted molar refractivity (Wildman–Crippen MR) is 82.1 cm³/mol. The lowest BCUT2D eigenvalue weighted by atomic mass is 9.71. The third-order valence-electron chi connectivity index (χ3n) is 4.16. The van der Waals surface area contributed by atoms with Gasteiger partial charge < -0.3 is 15.0 Å². The molecule has 0 saturated carbocycles. The average Bonchev–Trinajstić information content (AvgIpc) is 2.80. The number of imidazole rings is 1. The lowest BCUT2D eigenvalue weighted by Crippen LogP contribution is -2.48. The van der Waals surface area contributed by atoms with Crippen molar-refractivity contribution < 1.29 is 9.53 Å². The molecule has 1 fully saturated rings. The van der Waals surface area contributed by atoms with E-state index in [2.05, 4.69) is 22.2 Å². The molecule has 0 bridgehead atoms. The second-order valence-corrected chi connectivity index (χ2v) is 7.87. The number of carbonyl (C=O) groups excluding carboxylic acids is 1. The molecule has 1 aromatic heterocycles. The van der Waals surface area contributed by atoms with Gasteiger partial charge in [0.1, 0.15) is 11.4 Å². The fourth-order valence-corrected chi connectivity index (χ4v) is 3.25. The molecule has 1 aromatic rings. The van der Waals surface area contributed by atoms with E-state index in [-0.39, 0.29) is 17.4 Å². The smallest absolute Gasteiger partial charge is 0.312 e. The summed E-state index contributed by atoms with van der Waals surface area (Å²) in [5.74, 6) is 0.373. The zero-order chi connectivity index (χ0) is 16.1. The van der Waals surface area contributed by atoms with Gasteiger partial charge in [-0.1, -0.05) is 6.92 Å². The second-order valence-electron chi connectivity index (χ2n) is 7.87. The van der Waals surface area contributed by atoms with E-state index < -0.39 is 11.0 Å². The van der Waals surface area contributed by atoms with E-state index in [1.807, 2.05) is 41.5 Å². The highest BCUT2D eigenvalue weighted by molar-refractivity contribution is 5.77. The van der Waals surface area contributed by atoms with E-state index in [1.165, 1.54) is 0 Å². The molecule has 2 rings (SSSR count). The molecule has 1 aliphatic rings. The predicted octanol–water partition coefficient (Wildman–Crippen LogP) is 2.32. The molecule has 1 unspecified atom stereocenters. The summed E-state index contributed by atoms with van der Waals surface area (Å²) in [4.78, 5) is 20.5. The highest BCUT2D eigenvalue weighted by Crippen LogP contribution is 2.43. The van der Waals surface area contributed by atoms with E-state index >= 15 is 0 Å². The van der Waals surface area contributed by atoms with Crippen LogP contribution in [-0.2, 0) is 14.9 Å². The minimum atomic E-state index is -0.490. The van der Waals surface area contributed by atoms with Gasteiger partial charge in [-0.25, -0.2) is 4.98 Å². The van der Waals surface area contributed by atoms with Crippen molar-refractivity contribution in [2.45, 2.75) is 65.0 Å². The van der Waals surface area contributed by atoms with Gasteiger partial charge in [0.25, 0.3) is 0 Å². The van der Waals surface area contributed by atoms with Crippen molar-refractivity contribution >= 4 is 5.97 Å². The number of rotatable bonds is 2. The van der Waals surface area contributed by atoms with Crippen molar-refractivity contribution in [3.05, 3.63) is 17.7 Å². The Morgan fingerprint density at radius 2 is 2.00 bits per heavy atom. The zero-order valence-corrected chi connectivity index (χ0v) is 14.1. The van der Waals surface area contributed by atoms with Gasteiger partial charge in [0.2, 0.25) is 0 Å². The van der Waals surface area contributed by atoms with E-state index in [0.29, 0.717) is 6.54 Å². The fraction of sp³-hybridized carbons (Fsp3) is 0.750. The fourth-order valence-electron chi connectivity index (χ4n) is 3.25. The second kappa shape index (κ2) is 4.83. The molecule has 2 heterocycles. The number of hydrogen-bond donors (Lipinski definition) is 2. The molecule has 2 N–H and O–H groups in total. The van der Waals surface area contributed by atoms with Crippen LogP contribution in [0.5, 0.6) is 0 Å². The van der Waals surface area contributed by atoms with E-state index in [9.17, 15) is 4.79 Å². The van der Waals surface area contributed by atoms with Crippen LogP contribution in [0.3, 0.4) is 0 Å². The highest BCUT2D eigenvalue weighted by Gasteiger charge is 2.57. The van der Waals surface area contributed by atoms with Gasteiger partial charge in [-0.2, -0.15) is 0 Å². The Morgan fingerprint density at radius 1 is 1.38 bits per heavy atom. The van der Waals surface area contributed by atoms with Crippen molar-refractivity contribution in [1.82, 2.24) is 15.3 Å². The van der Waals surface area contributed by atoms with E-state index in [0.717, 1.165) is 11.5 Å². The molecular weight excluding hydrogens is 266 g/mol. The van der Waals surface area contributed by atoms with Crippen LogP contribution in [0.25, 0.3) is 0 Å². The van der Waals surface area contributed by atoms with Gasteiger partial charge in [0, 0.05) is 24.0 Å². The minimum absolute atomic E-state index is 0.172. The van der Waals surface area contributed by atoms with Crippen molar-refractivity contribution in [3.8, 4) is 0 Å². The summed E-state index contributed by atoms with van der Waals surface area (Å²) in [6, 6.07) is 0. The molecular formula is C16H27N3O2. The van der Waals surface area contributed by atoms with Crippen molar-refractivity contribution in [2.75, 3.05) is 6.54 Å². The molecule has 21 heavy (non-hydrogen) atoms. The van der Waals surface area contributed by atoms with Crippen LogP contribution < -0.4 is 5.32 Å². The zero-order valence-electron chi connectivity index (χ0n) is 14.1. The summed E-state index contributed by atoms with van der Waals surface area (Å²) < 4.78 is 5.66. The molecule has 118 valence electrons. The number of esters is 1. The number of carbonyl (C=O) groups is 1. The quantitative estimate of drug-likeness (QED) is 0.821. The maximum absolute atomic E-state index is 12.8. The number of ether oxygens (including phenoxy) is 1. The monoisotopic (exact) mass is 293 g/mol. The normalized spacial score (nSPS) is 28.6. The molecule has 5 nitrogen and oxygen atoms in total. The number of H-pyrrole nitrogens is 1. The van der Waals surface area contributed by atoms with Gasteiger partial charge in [-0.05, 0) is 41.5 Å². The topological polar surface area (TPSA) is 67.0 Å². The standard InChI is InChI=1S/C16H27N3O2/c1-10-8-17-13(19-10)16(7)9-18-15(5,6)11(16)12(20)21-14(2,3)4/h8,11,18H,9H2,1-7H3,(H,17,19)/t11?,16-/m1/s1. The van der Waals surface area contributed by atoms with Gasteiger partial charge in [-0.3, -0.25) is 4.79 Å². The summed E-state index contributed by atoms with van der Waals surface area (Å²) in [6.07, 6.45) is 1.80. The largest absolute Gasteiger partial charge is 0.460 e. The Morgan fingerprint density at radius 3 is 2.48 bits per heavy atom. The first-order valence-electron chi connectivity index (χ1n) is 7.46. The van der Waals surface area contributed by atoms with Crippen LogP contribution in [0.2, 0.25) is 0 Å². The molecule has 1 aliphatic heterocycles. The van der Waals surface area contributed by atoms with E-state index in [1.54, 1.807) is 6.20 Å². The summed E-state index contributed by atoms with van der Waals surface area (Å²) >= 11 is 0. The first-order valence-corrected chi connectivity index (χ1v) is 7.46. The van der Waals surface area contributed by atoms with Crippen LogP contribution in [0.4, 0.5) is 0 Å². The first-order chi connectivity index (χ1) is 9.46. The van der Waals surface area contributed by atoms with Gasteiger partial charge in [-0.15, -0.1) is 0 Å². The first kappa shape index (κ1) is 16.0. The molecule has 1 saturated heterocycles. The Labute approximate surface area is 126 Å². The molecule has 5 heteroatoms. The van der Waals surface area contributed by atoms with Gasteiger partial charge in [0.05, 0.1) is 11.3 Å². The average molecular weight is 293 g/mol. The number of aryl methyl sites for hydroxylation is 1. The van der Waals surface area contributed by atoms with Crippen LogP contribution in [0.15, 0.2) is 6.20 Å². The Kier molecular flexibility index (Phi) is 3.69. The maximum Gasteiger partial charge on any atom is 0.312 e. The third-order valence-corrected chi connectivity index (χ3v) is 4.16. The highest BCUT2D eigenvalue weighted by atomic mass is 16.6. The minimum Gasteiger partial charge on any atom is -0.460 e. The van der Waals surface area contributed by atoms with Crippen LogP contribution in [0, 0.1) is 12.8 Å². The SMILES string of the molecule is Cc1cnc([C@]2(C)CNC(C)(C)C2C(=O)OC(C)(C)C)[nH]1. The lowest BCUT2D eigenvalue weighted by Gasteiger charge is -2.35. The Bertz CT molecular complexity index is 542. The summed E-state index contributed by atoms with van der Waals surface area (Å²) in [5, 5.41) is 3.45. The summed E-state index contributed by atoms with van der Waals surface area (Å²) in [5.41, 5.74) is -0.230. The van der Waals surface area contributed by atoms with Crippen LogP contribution in [-0.4, -0.2) is 33.6 Å². The molecule has 0 radical (unpaired) electrons. The third kappa shape index (κ3) is 2.98. The summed E-state index contributed by atoms with van der Waals surface area (Å²) in [6.45, 7) is 14.5. The number of nitrogens with one attached hydrogen (secondary N) is 2. The van der Waals surface area contributed by atoms with Crippen molar-refractivity contribution in [3.63, 3.8) is 0 Å². The number of aromatic amines is 1. The van der Waals surface area contributed by atoms with Gasteiger partial charge in [0.15, 0.2) is 0 Å². The molecule has 0 amide bonds. The number of aromatic nitrogens is 2. The van der Waals surface area contributed by atoms with Crippen molar-refractivity contribution in [2.24, 2.45) is 5.92 Å². The molecule has 0 aromatic carbocycles. The molecule has 0 spiro atoms. The maximum atomic E-state index is 12.8. The van der Waals surface area contributed by atoms with E-state index in [4.69, 9.17) is 4.74 Å². The molecule has 0 aliphatic carbocycles. The molecule has 2 atom stereocenters. The number of hydrogen-bond acceptors (Lipinski definition) is 4. The lowest BCUT2D eigenvalue weighted by molar-refractivity contribution is -0.163. The summed E-state index contributed by atoms with van der Waals surface area (Å²) in [7, 11) is 0. The van der Waals surface area contributed by atoms with Crippen LogP contribution >= 0.6 is 0 Å². The van der Waals surface area contributed by atoms with Gasteiger partial charge >= 0.3 is 5.97 Å².